The van der Waals surface area contributed by atoms with E-state index < -0.39 is 0 Å². The van der Waals surface area contributed by atoms with Crippen LogP contribution in [-0.4, -0.2) is 21.4 Å². The molecular weight excluding hydrogens is 318 g/mol. The zero-order valence-corrected chi connectivity index (χ0v) is 15.5. The van der Waals surface area contributed by atoms with E-state index in [2.05, 4.69) is 79.4 Å². The average molecular weight is 343 g/mol. The van der Waals surface area contributed by atoms with E-state index in [9.17, 15) is 0 Å². The topological polar surface area (TPSA) is 29.0 Å². The summed E-state index contributed by atoms with van der Waals surface area (Å²) in [4.78, 5) is 12.4. The number of nitrogens with zero attached hydrogens (tertiary/aromatic N) is 3. The van der Waals surface area contributed by atoms with Gasteiger partial charge in [0.05, 0.1) is 11.4 Å². The van der Waals surface area contributed by atoms with Crippen molar-refractivity contribution in [2.45, 2.75) is 39.3 Å². The highest BCUT2D eigenvalue weighted by atomic mass is 15.1. The van der Waals surface area contributed by atoms with Crippen LogP contribution in [0.4, 0.5) is 0 Å². The van der Waals surface area contributed by atoms with Crippen LogP contribution >= 0.6 is 0 Å². The monoisotopic (exact) mass is 343 g/mol. The minimum atomic E-state index is 0.326. The zero-order valence-electron chi connectivity index (χ0n) is 15.5. The van der Waals surface area contributed by atoms with Crippen molar-refractivity contribution >= 4 is 0 Å². The third-order valence-electron chi connectivity index (χ3n) is 4.97. The SMILES string of the molecule is CC(C)c1nc2c(c(-c3ccccc3)n1)CCN(Cc1ccccc1)C2. The Morgan fingerprint density at radius 3 is 2.31 bits per heavy atom. The molecule has 1 aromatic heterocycles. The standard InChI is InChI=1S/C23H25N3/c1-17(2)23-24-21-16-26(15-18-9-5-3-6-10-18)14-13-20(21)22(25-23)19-11-7-4-8-12-19/h3-12,17H,13-16H2,1-2H3. The number of benzene rings is 2. The Bertz CT molecular complexity index is 873. The van der Waals surface area contributed by atoms with Crippen LogP contribution < -0.4 is 0 Å². The lowest BCUT2D eigenvalue weighted by atomic mass is 9.97. The molecule has 3 nitrogen and oxygen atoms in total. The quantitative estimate of drug-likeness (QED) is 0.680. The molecule has 1 aliphatic rings. The molecule has 3 aromatic rings. The molecule has 0 saturated heterocycles. The molecule has 0 fully saturated rings. The van der Waals surface area contributed by atoms with Gasteiger partial charge in [0, 0.05) is 36.7 Å². The first kappa shape index (κ1) is 16.9. The third-order valence-corrected chi connectivity index (χ3v) is 4.97. The maximum absolute atomic E-state index is 4.94. The van der Waals surface area contributed by atoms with Crippen LogP contribution in [0.5, 0.6) is 0 Å². The fraction of sp³-hybridized carbons (Fsp3) is 0.304. The van der Waals surface area contributed by atoms with Gasteiger partial charge in [0.25, 0.3) is 0 Å². The van der Waals surface area contributed by atoms with Crippen molar-refractivity contribution in [3.63, 3.8) is 0 Å². The van der Waals surface area contributed by atoms with Gasteiger partial charge in [-0.2, -0.15) is 0 Å². The van der Waals surface area contributed by atoms with Crippen molar-refractivity contribution in [2.75, 3.05) is 6.54 Å². The summed E-state index contributed by atoms with van der Waals surface area (Å²) in [6.45, 7) is 7.25. The highest BCUT2D eigenvalue weighted by Crippen LogP contribution is 2.30. The lowest BCUT2D eigenvalue weighted by molar-refractivity contribution is 0.241. The number of fused-ring (bicyclic) bond motifs is 1. The van der Waals surface area contributed by atoms with Crippen molar-refractivity contribution < 1.29 is 0 Å². The second-order valence-corrected chi connectivity index (χ2v) is 7.32. The minimum Gasteiger partial charge on any atom is -0.293 e. The van der Waals surface area contributed by atoms with Crippen molar-refractivity contribution in [3.05, 3.63) is 83.3 Å². The molecule has 2 aromatic carbocycles. The molecule has 0 spiro atoms. The molecule has 3 heteroatoms. The predicted octanol–water partition coefficient (Wildman–Crippen LogP) is 4.83. The summed E-state index contributed by atoms with van der Waals surface area (Å²) in [5.41, 5.74) is 6.20. The van der Waals surface area contributed by atoms with Crippen molar-refractivity contribution in [1.29, 1.82) is 0 Å². The van der Waals surface area contributed by atoms with E-state index in [0.29, 0.717) is 5.92 Å². The molecular formula is C23H25N3. The van der Waals surface area contributed by atoms with Crippen molar-refractivity contribution in [3.8, 4) is 11.3 Å². The van der Waals surface area contributed by atoms with E-state index in [-0.39, 0.29) is 0 Å². The van der Waals surface area contributed by atoms with E-state index >= 15 is 0 Å². The Hall–Kier alpha value is -2.52. The molecule has 0 saturated carbocycles. The third kappa shape index (κ3) is 3.54. The first-order valence-corrected chi connectivity index (χ1v) is 9.42. The Morgan fingerprint density at radius 1 is 0.923 bits per heavy atom. The summed E-state index contributed by atoms with van der Waals surface area (Å²) in [7, 11) is 0. The van der Waals surface area contributed by atoms with Gasteiger partial charge in [-0.1, -0.05) is 74.5 Å². The molecule has 4 rings (SSSR count). The molecule has 0 N–H and O–H groups in total. The molecule has 0 bridgehead atoms. The lowest BCUT2D eigenvalue weighted by Gasteiger charge is -2.29. The first-order valence-electron chi connectivity index (χ1n) is 9.42. The number of hydrogen-bond acceptors (Lipinski definition) is 3. The van der Waals surface area contributed by atoms with Crippen LogP contribution in [0.3, 0.4) is 0 Å². The maximum atomic E-state index is 4.94. The summed E-state index contributed by atoms with van der Waals surface area (Å²) in [5, 5.41) is 0. The number of rotatable bonds is 4. The second-order valence-electron chi connectivity index (χ2n) is 7.32. The first-order chi connectivity index (χ1) is 12.7. The highest BCUT2D eigenvalue weighted by Gasteiger charge is 2.23. The summed E-state index contributed by atoms with van der Waals surface area (Å²) in [6.07, 6.45) is 1.00. The molecule has 1 aliphatic heterocycles. The average Bonchev–Trinajstić information content (AvgIpc) is 2.68. The predicted molar refractivity (Wildman–Crippen MR) is 106 cm³/mol. The number of hydrogen-bond donors (Lipinski definition) is 0. The van der Waals surface area contributed by atoms with Crippen LogP contribution in [0, 0.1) is 0 Å². The Kier molecular flexibility index (Phi) is 4.81. The van der Waals surface area contributed by atoms with Crippen LogP contribution in [0.15, 0.2) is 60.7 Å². The van der Waals surface area contributed by atoms with Gasteiger partial charge in [-0.3, -0.25) is 4.90 Å². The minimum absolute atomic E-state index is 0.326. The van der Waals surface area contributed by atoms with Gasteiger partial charge in [0.15, 0.2) is 0 Å². The van der Waals surface area contributed by atoms with E-state index in [1.165, 1.54) is 22.4 Å². The summed E-state index contributed by atoms with van der Waals surface area (Å²) >= 11 is 0. The van der Waals surface area contributed by atoms with E-state index in [1.54, 1.807) is 0 Å². The van der Waals surface area contributed by atoms with E-state index in [4.69, 9.17) is 9.97 Å². The maximum Gasteiger partial charge on any atom is 0.131 e. The molecule has 0 atom stereocenters. The molecule has 26 heavy (non-hydrogen) atoms. The molecule has 0 radical (unpaired) electrons. The van der Waals surface area contributed by atoms with Crippen LogP contribution in [0.2, 0.25) is 0 Å². The second kappa shape index (κ2) is 7.38. The fourth-order valence-corrected chi connectivity index (χ4v) is 3.57. The zero-order chi connectivity index (χ0) is 17.9. The highest BCUT2D eigenvalue weighted by molar-refractivity contribution is 5.64. The van der Waals surface area contributed by atoms with Gasteiger partial charge in [0.2, 0.25) is 0 Å². The Labute approximate surface area is 155 Å². The van der Waals surface area contributed by atoms with Crippen molar-refractivity contribution in [1.82, 2.24) is 14.9 Å². The lowest BCUT2D eigenvalue weighted by Crippen LogP contribution is -2.32. The summed E-state index contributed by atoms with van der Waals surface area (Å²) < 4.78 is 0. The van der Waals surface area contributed by atoms with Crippen LogP contribution in [0.25, 0.3) is 11.3 Å². The fourth-order valence-electron chi connectivity index (χ4n) is 3.57. The Balaban J connectivity index is 1.68. The van der Waals surface area contributed by atoms with E-state index in [1.807, 2.05) is 0 Å². The van der Waals surface area contributed by atoms with Gasteiger partial charge in [0.1, 0.15) is 5.82 Å². The Morgan fingerprint density at radius 2 is 1.62 bits per heavy atom. The molecule has 0 amide bonds. The van der Waals surface area contributed by atoms with Gasteiger partial charge >= 0.3 is 0 Å². The molecule has 0 aliphatic carbocycles. The van der Waals surface area contributed by atoms with Crippen molar-refractivity contribution in [2.24, 2.45) is 0 Å². The summed E-state index contributed by atoms with van der Waals surface area (Å²) in [6, 6.07) is 21.2. The largest absolute Gasteiger partial charge is 0.293 e. The van der Waals surface area contributed by atoms with Gasteiger partial charge in [-0.05, 0) is 12.0 Å². The molecule has 2 heterocycles. The molecule has 132 valence electrons. The number of aromatic nitrogens is 2. The van der Waals surface area contributed by atoms with Gasteiger partial charge < -0.3 is 0 Å². The smallest absolute Gasteiger partial charge is 0.131 e. The van der Waals surface area contributed by atoms with E-state index in [0.717, 1.165) is 37.6 Å². The molecule has 0 unspecified atom stereocenters. The summed E-state index contributed by atoms with van der Waals surface area (Å²) in [5.74, 6) is 1.27. The van der Waals surface area contributed by atoms with Crippen LogP contribution in [-0.2, 0) is 19.5 Å². The normalized spacial score (nSPS) is 14.4. The van der Waals surface area contributed by atoms with Crippen LogP contribution in [0.1, 0.15) is 42.4 Å². The van der Waals surface area contributed by atoms with Gasteiger partial charge in [-0.25, -0.2) is 9.97 Å². The van der Waals surface area contributed by atoms with Gasteiger partial charge in [-0.15, -0.1) is 0 Å².